The smallest absolute Gasteiger partial charge is 0.0569 e. The average molecular weight is 172 g/mol. The van der Waals surface area contributed by atoms with E-state index in [4.69, 9.17) is 0 Å². The van der Waals surface area contributed by atoms with Gasteiger partial charge < -0.3 is 10.2 Å². The molecular weight excluding hydrogens is 152 g/mol. The van der Waals surface area contributed by atoms with Crippen LogP contribution < -0.4 is 0 Å². The van der Waals surface area contributed by atoms with E-state index in [0.717, 1.165) is 38.5 Å². The highest BCUT2D eigenvalue weighted by molar-refractivity contribution is 4.77. The highest BCUT2D eigenvalue weighted by atomic mass is 16.3. The minimum atomic E-state index is -0.176. The van der Waals surface area contributed by atoms with Crippen molar-refractivity contribution in [1.29, 1.82) is 0 Å². The molecule has 0 aromatic carbocycles. The molecule has 0 heterocycles. The van der Waals surface area contributed by atoms with Crippen LogP contribution in [-0.4, -0.2) is 22.4 Å². The quantitative estimate of drug-likeness (QED) is 0.680. The Morgan fingerprint density at radius 1 is 1.42 bits per heavy atom. The van der Waals surface area contributed by atoms with E-state index in [9.17, 15) is 10.2 Å². The molecule has 0 aliphatic heterocycles. The van der Waals surface area contributed by atoms with E-state index in [1.54, 1.807) is 0 Å². The Balaban J connectivity index is 2.29. The molecule has 0 radical (unpaired) electrons. The zero-order valence-corrected chi connectivity index (χ0v) is 7.87. The molecular formula is C10H20O2. The van der Waals surface area contributed by atoms with Crippen molar-refractivity contribution in [2.75, 3.05) is 0 Å². The van der Waals surface area contributed by atoms with E-state index in [1.165, 1.54) is 0 Å². The number of hydrogen-bond acceptors (Lipinski definition) is 2. The SMILES string of the molecule is CCCC(O)C1CCCC(O)C1. The van der Waals surface area contributed by atoms with E-state index in [2.05, 4.69) is 6.92 Å². The summed E-state index contributed by atoms with van der Waals surface area (Å²) in [6, 6.07) is 0. The van der Waals surface area contributed by atoms with Gasteiger partial charge in [-0.1, -0.05) is 19.8 Å². The van der Waals surface area contributed by atoms with Crippen LogP contribution in [0.15, 0.2) is 0 Å². The summed E-state index contributed by atoms with van der Waals surface area (Å²) in [7, 11) is 0. The predicted molar refractivity (Wildman–Crippen MR) is 48.9 cm³/mol. The third-order valence-electron chi connectivity index (χ3n) is 2.82. The molecule has 0 amide bonds. The number of aliphatic hydroxyl groups is 2. The van der Waals surface area contributed by atoms with E-state index in [1.807, 2.05) is 0 Å². The van der Waals surface area contributed by atoms with E-state index < -0.39 is 0 Å². The zero-order chi connectivity index (χ0) is 8.97. The highest BCUT2D eigenvalue weighted by Crippen LogP contribution is 2.28. The van der Waals surface area contributed by atoms with Gasteiger partial charge in [-0.25, -0.2) is 0 Å². The molecule has 1 fully saturated rings. The van der Waals surface area contributed by atoms with Crippen molar-refractivity contribution in [3.05, 3.63) is 0 Å². The Hall–Kier alpha value is -0.0800. The van der Waals surface area contributed by atoms with Crippen molar-refractivity contribution in [3.8, 4) is 0 Å². The zero-order valence-electron chi connectivity index (χ0n) is 7.87. The second kappa shape index (κ2) is 4.83. The molecule has 1 aliphatic rings. The minimum Gasteiger partial charge on any atom is -0.393 e. The van der Waals surface area contributed by atoms with Crippen LogP contribution in [0.2, 0.25) is 0 Å². The molecule has 1 rings (SSSR count). The van der Waals surface area contributed by atoms with Gasteiger partial charge in [-0.2, -0.15) is 0 Å². The Bertz CT molecular complexity index is 125. The van der Waals surface area contributed by atoms with Gasteiger partial charge in [0.2, 0.25) is 0 Å². The van der Waals surface area contributed by atoms with Crippen molar-refractivity contribution in [3.63, 3.8) is 0 Å². The lowest BCUT2D eigenvalue weighted by Gasteiger charge is -2.29. The standard InChI is InChI=1S/C10H20O2/c1-2-4-10(12)8-5-3-6-9(11)7-8/h8-12H,2-7H2,1H3. The highest BCUT2D eigenvalue weighted by Gasteiger charge is 2.25. The maximum atomic E-state index is 9.68. The predicted octanol–water partition coefficient (Wildman–Crippen LogP) is 1.70. The summed E-state index contributed by atoms with van der Waals surface area (Å²) in [6.45, 7) is 2.09. The van der Waals surface area contributed by atoms with Crippen molar-refractivity contribution >= 4 is 0 Å². The van der Waals surface area contributed by atoms with Gasteiger partial charge in [-0.3, -0.25) is 0 Å². The molecule has 0 saturated heterocycles. The van der Waals surface area contributed by atoms with Crippen LogP contribution in [-0.2, 0) is 0 Å². The first-order chi connectivity index (χ1) is 5.74. The fourth-order valence-corrected chi connectivity index (χ4v) is 2.08. The molecule has 0 bridgehead atoms. The Morgan fingerprint density at radius 2 is 2.17 bits per heavy atom. The first kappa shape index (κ1) is 10.0. The first-order valence-corrected chi connectivity index (χ1v) is 5.10. The molecule has 12 heavy (non-hydrogen) atoms. The van der Waals surface area contributed by atoms with Gasteiger partial charge in [-0.15, -0.1) is 0 Å². The number of hydrogen-bond donors (Lipinski definition) is 2. The lowest BCUT2D eigenvalue weighted by molar-refractivity contribution is 0.0255. The van der Waals surface area contributed by atoms with Gasteiger partial charge in [0.1, 0.15) is 0 Å². The van der Waals surface area contributed by atoms with Crippen LogP contribution in [0.5, 0.6) is 0 Å². The average Bonchev–Trinajstić information content (AvgIpc) is 2.05. The van der Waals surface area contributed by atoms with Crippen LogP contribution in [0.25, 0.3) is 0 Å². The molecule has 0 aromatic heterocycles. The van der Waals surface area contributed by atoms with Crippen molar-refractivity contribution in [1.82, 2.24) is 0 Å². The normalized spacial score (nSPS) is 33.2. The van der Waals surface area contributed by atoms with Crippen LogP contribution in [0, 0.1) is 5.92 Å². The molecule has 3 atom stereocenters. The number of aliphatic hydroxyl groups excluding tert-OH is 2. The second-order valence-corrected chi connectivity index (χ2v) is 3.94. The molecule has 2 N–H and O–H groups in total. The summed E-state index contributed by atoms with van der Waals surface area (Å²) < 4.78 is 0. The lowest BCUT2D eigenvalue weighted by Crippen LogP contribution is -2.28. The Labute approximate surface area is 74.6 Å². The van der Waals surface area contributed by atoms with Crippen LogP contribution >= 0.6 is 0 Å². The maximum Gasteiger partial charge on any atom is 0.0569 e. The largest absolute Gasteiger partial charge is 0.393 e. The van der Waals surface area contributed by atoms with Crippen molar-refractivity contribution < 1.29 is 10.2 Å². The molecule has 1 aliphatic carbocycles. The van der Waals surface area contributed by atoms with Gasteiger partial charge in [0.25, 0.3) is 0 Å². The van der Waals surface area contributed by atoms with E-state index in [0.29, 0.717) is 5.92 Å². The maximum absolute atomic E-state index is 9.68. The van der Waals surface area contributed by atoms with Crippen molar-refractivity contribution in [2.45, 2.75) is 57.7 Å². The Morgan fingerprint density at radius 3 is 2.75 bits per heavy atom. The fourth-order valence-electron chi connectivity index (χ4n) is 2.08. The van der Waals surface area contributed by atoms with Gasteiger partial charge in [-0.05, 0) is 31.6 Å². The summed E-state index contributed by atoms with van der Waals surface area (Å²) in [5, 5.41) is 19.1. The summed E-state index contributed by atoms with van der Waals surface area (Å²) in [6.07, 6.45) is 5.49. The molecule has 72 valence electrons. The summed E-state index contributed by atoms with van der Waals surface area (Å²) in [4.78, 5) is 0. The molecule has 0 spiro atoms. The van der Waals surface area contributed by atoms with Gasteiger partial charge >= 0.3 is 0 Å². The van der Waals surface area contributed by atoms with Crippen LogP contribution in [0.3, 0.4) is 0 Å². The summed E-state index contributed by atoms with van der Waals surface area (Å²) in [5.41, 5.74) is 0. The Kier molecular flexibility index (Phi) is 4.02. The lowest BCUT2D eigenvalue weighted by atomic mass is 9.82. The monoisotopic (exact) mass is 172 g/mol. The molecule has 3 unspecified atom stereocenters. The summed E-state index contributed by atoms with van der Waals surface area (Å²) >= 11 is 0. The van der Waals surface area contributed by atoms with Gasteiger partial charge in [0.15, 0.2) is 0 Å². The molecule has 2 nitrogen and oxygen atoms in total. The van der Waals surface area contributed by atoms with Crippen LogP contribution in [0.1, 0.15) is 45.4 Å². The van der Waals surface area contributed by atoms with Gasteiger partial charge in [0, 0.05) is 0 Å². The number of rotatable bonds is 3. The topological polar surface area (TPSA) is 40.5 Å². The molecule has 0 aromatic rings. The second-order valence-electron chi connectivity index (χ2n) is 3.94. The summed E-state index contributed by atoms with van der Waals surface area (Å²) in [5.74, 6) is 0.355. The third-order valence-corrected chi connectivity index (χ3v) is 2.82. The van der Waals surface area contributed by atoms with Crippen LogP contribution in [0.4, 0.5) is 0 Å². The van der Waals surface area contributed by atoms with E-state index >= 15 is 0 Å². The van der Waals surface area contributed by atoms with E-state index in [-0.39, 0.29) is 12.2 Å². The first-order valence-electron chi connectivity index (χ1n) is 5.10. The van der Waals surface area contributed by atoms with Gasteiger partial charge in [0.05, 0.1) is 12.2 Å². The minimum absolute atomic E-state index is 0.157. The van der Waals surface area contributed by atoms with Crippen molar-refractivity contribution in [2.24, 2.45) is 5.92 Å². The molecule has 2 heteroatoms. The third kappa shape index (κ3) is 2.76. The molecule has 1 saturated carbocycles. The fraction of sp³-hybridized carbons (Fsp3) is 1.00.